The van der Waals surface area contributed by atoms with Crippen LogP contribution in [0.4, 0.5) is 24.5 Å². The Morgan fingerprint density at radius 2 is 1.75 bits per heavy atom. The molecule has 3 atom stereocenters. The Labute approximate surface area is 206 Å². The van der Waals surface area contributed by atoms with E-state index in [0.717, 1.165) is 23.3 Å². The lowest BCUT2D eigenvalue weighted by Gasteiger charge is -2.20. The SMILES string of the molecule is CC1C(=O)Nc2cccc(NC(=O)[C@H](C)NC[C@@H](O)c3ccc(C(F)(F)F)cc3)c2-c2ccccc21. The van der Waals surface area contributed by atoms with Crippen molar-refractivity contribution in [2.24, 2.45) is 0 Å². The summed E-state index contributed by atoms with van der Waals surface area (Å²) in [5.74, 6) is -0.884. The van der Waals surface area contributed by atoms with Crippen molar-refractivity contribution in [3.05, 3.63) is 83.4 Å². The fourth-order valence-corrected chi connectivity index (χ4v) is 4.17. The summed E-state index contributed by atoms with van der Waals surface area (Å²) >= 11 is 0. The van der Waals surface area contributed by atoms with E-state index in [9.17, 15) is 27.9 Å². The number of fused-ring (bicyclic) bond motifs is 3. The van der Waals surface area contributed by atoms with Gasteiger partial charge in [-0.15, -0.1) is 0 Å². The van der Waals surface area contributed by atoms with Crippen molar-refractivity contribution in [1.82, 2.24) is 5.32 Å². The molecule has 6 nitrogen and oxygen atoms in total. The van der Waals surface area contributed by atoms with Crippen LogP contribution in [-0.4, -0.2) is 29.5 Å². The summed E-state index contributed by atoms with van der Waals surface area (Å²) in [6, 6.07) is 16.3. The predicted molar refractivity (Wildman–Crippen MR) is 131 cm³/mol. The number of nitrogens with one attached hydrogen (secondary N) is 3. The number of rotatable bonds is 6. The minimum Gasteiger partial charge on any atom is -0.387 e. The molecule has 3 aromatic rings. The monoisotopic (exact) mass is 497 g/mol. The van der Waals surface area contributed by atoms with Crippen molar-refractivity contribution in [3.8, 4) is 11.1 Å². The molecule has 3 aromatic carbocycles. The average molecular weight is 498 g/mol. The molecule has 0 bridgehead atoms. The molecule has 0 saturated carbocycles. The summed E-state index contributed by atoms with van der Waals surface area (Å²) in [6.07, 6.45) is -5.55. The number of halogens is 3. The molecule has 4 rings (SSSR count). The molecule has 0 aromatic heterocycles. The number of aliphatic hydroxyl groups is 1. The van der Waals surface area contributed by atoms with Gasteiger partial charge in [0.25, 0.3) is 0 Å². The molecule has 4 N–H and O–H groups in total. The number of aliphatic hydroxyl groups excluding tert-OH is 1. The Hall–Kier alpha value is -3.69. The highest BCUT2D eigenvalue weighted by Crippen LogP contribution is 2.42. The van der Waals surface area contributed by atoms with Gasteiger partial charge in [-0.05, 0) is 54.8 Å². The van der Waals surface area contributed by atoms with Crippen LogP contribution >= 0.6 is 0 Å². The molecular weight excluding hydrogens is 471 g/mol. The summed E-state index contributed by atoms with van der Waals surface area (Å²) in [6.45, 7) is 3.41. The van der Waals surface area contributed by atoms with Gasteiger partial charge < -0.3 is 21.1 Å². The van der Waals surface area contributed by atoms with Crippen LogP contribution in [0.5, 0.6) is 0 Å². The predicted octanol–water partition coefficient (Wildman–Crippen LogP) is 5.08. The van der Waals surface area contributed by atoms with Gasteiger partial charge in [0.15, 0.2) is 0 Å². The number of carbonyl (C=O) groups excluding carboxylic acids is 2. The van der Waals surface area contributed by atoms with Gasteiger partial charge in [0.1, 0.15) is 0 Å². The number of hydrogen-bond acceptors (Lipinski definition) is 4. The van der Waals surface area contributed by atoms with Crippen molar-refractivity contribution in [1.29, 1.82) is 0 Å². The highest BCUT2D eigenvalue weighted by molar-refractivity contribution is 6.08. The first kappa shape index (κ1) is 25.4. The summed E-state index contributed by atoms with van der Waals surface area (Å²) in [4.78, 5) is 25.6. The van der Waals surface area contributed by atoms with Gasteiger partial charge >= 0.3 is 6.18 Å². The van der Waals surface area contributed by atoms with E-state index in [2.05, 4.69) is 16.0 Å². The lowest BCUT2D eigenvalue weighted by molar-refractivity contribution is -0.137. The molecule has 1 aliphatic rings. The van der Waals surface area contributed by atoms with Crippen LogP contribution in [0.3, 0.4) is 0 Å². The zero-order valence-corrected chi connectivity index (χ0v) is 19.7. The Kier molecular flexibility index (Phi) is 7.14. The van der Waals surface area contributed by atoms with Crippen molar-refractivity contribution < 1.29 is 27.9 Å². The second kappa shape index (κ2) is 10.1. The fraction of sp³-hybridized carbons (Fsp3) is 0.259. The second-order valence-corrected chi connectivity index (χ2v) is 8.78. The summed E-state index contributed by atoms with van der Waals surface area (Å²) in [5.41, 5.74) is 3.01. The molecule has 1 aliphatic heterocycles. The van der Waals surface area contributed by atoms with E-state index < -0.39 is 23.9 Å². The van der Waals surface area contributed by atoms with Crippen LogP contribution in [0.25, 0.3) is 11.1 Å². The third-order valence-electron chi connectivity index (χ3n) is 6.30. The van der Waals surface area contributed by atoms with E-state index >= 15 is 0 Å². The quantitative estimate of drug-likeness (QED) is 0.383. The molecule has 36 heavy (non-hydrogen) atoms. The molecule has 2 amide bonds. The Morgan fingerprint density at radius 3 is 2.44 bits per heavy atom. The van der Waals surface area contributed by atoms with Crippen LogP contribution in [-0.2, 0) is 15.8 Å². The third-order valence-corrected chi connectivity index (χ3v) is 6.30. The van der Waals surface area contributed by atoms with Crippen LogP contribution in [0.15, 0.2) is 66.7 Å². The van der Waals surface area contributed by atoms with E-state index in [-0.39, 0.29) is 24.3 Å². The van der Waals surface area contributed by atoms with E-state index in [0.29, 0.717) is 22.5 Å². The zero-order valence-electron chi connectivity index (χ0n) is 19.7. The van der Waals surface area contributed by atoms with Crippen molar-refractivity contribution >= 4 is 23.2 Å². The number of amides is 2. The number of carbonyl (C=O) groups is 2. The number of benzene rings is 3. The molecule has 188 valence electrons. The van der Waals surface area contributed by atoms with Crippen LogP contribution < -0.4 is 16.0 Å². The number of alkyl halides is 3. The normalized spacial score (nSPS) is 16.7. The van der Waals surface area contributed by atoms with Crippen molar-refractivity contribution in [2.45, 2.75) is 38.1 Å². The van der Waals surface area contributed by atoms with Gasteiger partial charge in [0.2, 0.25) is 11.8 Å². The highest BCUT2D eigenvalue weighted by Gasteiger charge is 2.30. The van der Waals surface area contributed by atoms with Crippen molar-refractivity contribution in [3.63, 3.8) is 0 Å². The smallest absolute Gasteiger partial charge is 0.387 e. The lowest BCUT2D eigenvalue weighted by Crippen LogP contribution is -2.40. The molecule has 0 aliphatic carbocycles. The van der Waals surface area contributed by atoms with Gasteiger partial charge in [0.05, 0.1) is 35.0 Å². The topological polar surface area (TPSA) is 90.5 Å². The third kappa shape index (κ3) is 5.27. The maximum absolute atomic E-state index is 13.0. The van der Waals surface area contributed by atoms with Crippen LogP contribution in [0, 0.1) is 0 Å². The molecule has 0 fully saturated rings. The summed E-state index contributed by atoms with van der Waals surface area (Å²) in [7, 11) is 0. The molecule has 0 spiro atoms. The average Bonchev–Trinajstić information content (AvgIpc) is 2.96. The Bertz CT molecular complexity index is 1280. The van der Waals surface area contributed by atoms with E-state index in [1.165, 1.54) is 12.1 Å². The Morgan fingerprint density at radius 1 is 1.06 bits per heavy atom. The van der Waals surface area contributed by atoms with Gasteiger partial charge in [-0.3, -0.25) is 9.59 Å². The maximum Gasteiger partial charge on any atom is 0.416 e. The van der Waals surface area contributed by atoms with Gasteiger partial charge in [-0.2, -0.15) is 13.2 Å². The van der Waals surface area contributed by atoms with E-state index in [1.807, 2.05) is 31.2 Å². The summed E-state index contributed by atoms with van der Waals surface area (Å²) < 4.78 is 38.3. The minimum absolute atomic E-state index is 0.0384. The number of anilines is 2. The minimum atomic E-state index is -4.45. The zero-order chi connectivity index (χ0) is 26.0. The van der Waals surface area contributed by atoms with Crippen LogP contribution in [0.1, 0.15) is 42.6 Å². The maximum atomic E-state index is 13.0. The van der Waals surface area contributed by atoms with Crippen molar-refractivity contribution in [2.75, 3.05) is 17.2 Å². The number of hydrogen-bond donors (Lipinski definition) is 4. The molecular formula is C27H26F3N3O3. The first-order chi connectivity index (χ1) is 17.1. The molecule has 0 radical (unpaired) electrons. The van der Waals surface area contributed by atoms with Gasteiger partial charge in [0, 0.05) is 12.1 Å². The van der Waals surface area contributed by atoms with E-state index in [4.69, 9.17) is 0 Å². The first-order valence-corrected chi connectivity index (χ1v) is 11.5. The molecule has 9 heteroatoms. The Balaban J connectivity index is 1.47. The summed E-state index contributed by atoms with van der Waals surface area (Å²) in [5, 5.41) is 19.1. The molecule has 1 heterocycles. The second-order valence-electron chi connectivity index (χ2n) is 8.78. The highest BCUT2D eigenvalue weighted by atomic mass is 19.4. The molecule has 0 saturated heterocycles. The van der Waals surface area contributed by atoms with Gasteiger partial charge in [-0.1, -0.05) is 42.5 Å². The first-order valence-electron chi connectivity index (χ1n) is 11.5. The van der Waals surface area contributed by atoms with E-state index in [1.54, 1.807) is 25.1 Å². The molecule has 1 unspecified atom stereocenters. The fourth-order valence-electron chi connectivity index (χ4n) is 4.17. The largest absolute Gasteiger partial charge is 0.416 e. The van der Waals surface area contributed by atoms with Crippen LogP contribution in [0.2, 0.25) is 0 Å². The van der Waals surface area contributed by atoms with Gasteiger partial charge in [-0.25, -0.2) is 0 Å². The standard InChI is InChI=1S/C27H26F3N3O3/c1-15-19-6-3-4-7-20(19)24-21(32-25(15)35)8-5-9-22(24)33-26(36)16(2)31-14-23(34)17-10-12-18(13-11-17)27(28,29)30/h3-13,15-16,23,31,34H,14H2,1-2H3,(H,32,35)(H,33,36)/t15?,16-,23+/m0/s1. The lowest BCUT2D eigenvalue weighted by atomic mass is 9.91.